The molecular weight excluding hydrogens is 310 g/mol. The van der Waals surface area contributed by atoms with E-state index >= 15 is 0 Å². The maximum absolute atomic E-state index is 12.0. The first-order chi connectivity index (χ1) is 11.1. The topological polar surface area (TPSA) is 61.4 Å². The Bertz CT molecular complexity index is 572. The molecule has 2 unspecified atom stereocenters. The van der Waals surface area contributed by atoms with Crippen molar-refractivity contribution in [1.29, 1.82) is 0 Å². The van der Waals surface area contributed by atoms with Gasteiger partial charge in [-0.3, -0.25) is 4.21 Å². The number of hydrogen-bond donors (Lipinski definition) is 2. The first-order valence-corrected chi connectivity index (χ1v) is 9.85. The van der Waals surface area contributed by atoms with Gasteiger partial charge in [-0.15, -0.1) is 0 Å². The van der Waals surface area contributed by atoms with Gasteiger partial charge >= 0.3 is 6.03 Å². The second kappa shape index (κ2) is 7.45. The van der Waals surface area contributed by atoms with Crippen LogP contribution in [0.1, 0.15) is 24.8 Å². The van der Waals surface area contributed by atoms with Gasteiger partial charge in [0.2, 0.25) is 0 Å². The molecule has 2 amide bonds. The van der Waals surface area contributed by atoms with E-state index < -0.39 is 10.8 Å². The number of carbonyl (C=O) groups is 1. The highest BCUT2D eigenvalue weighted by Crippen LogP contribution is 2.30. The molecule has 1 heterocycles. The summed E-state index contributed by atoms with van der Waals surface area (Å²) >= 11 is 0. The van der Waals surface area contributed by atoms with Crippen molar-refractivity contribution in [3.63, 3.8) is 0 Å². The highest BCUT2D eigenvalue weighted by atomic mass is 32.2. The molecule has 6 heteroatoms. The van der Waals surface area contributed by atoms with Crippen molar-refractivity contribution < 1.29 is 9.00 Å². The van der Waals surface area contributed by atoms with Gasteiger partial charge in [0, 0.05) is 54.2 Å². The summed E-state index contributed by atoms with van der Waals surface area (Å²) in [6.45, 7) is 3.75. The maximum atomic E-state index is 12.0. The maximum Gasteiger partial charge on any atom is 0.315 e. The number of amides is 2. The van der Waals surface area contributed by atoms with E-state index in [1.165, 1.54) is 19.4 Å². The first-order valence-electron chi connectivity index (χ1n) is 8.29. The Balaban J connectivity index is 1.38. The van der Waals surface area contributed by atoms with Crippen molar-refractivity contribution in [2.75, 3.05) is 25.9 Å². The molecule has 126 valence electrons. The molecule has 1 aromatic carbocycles. The molecule has 0 spiro atoms. The zero-order valence-electron chi connectivity index (χ0n) is 13.6. The van der Waals surface area contributed by atoms with Gasteiger partial charge in [0.1, 0.15) is 0 Å². The lowest BCUT2D eigenvalue weighted by Crippen LogP contribution is -2.43. The van der Waals surface area contributed by atoms with Crippen molar-refractivity contribution in [1.82, 2.24) is 15.5 Å². The van der Waals surface area contributed by atoms with Crippen molar-refractivity contribution in [2.24, 2.45) is 5.92 Å². The largest absolute Gasteiger partial charge is 0.334 e. The summed E-state index contributed by atoms with van der Waals surface area (Å²) in [4.78, 5) is 15.3. The smallest absolute Gasteiger partial charge is 0.315 e. The molecule has 2 fully saturated rings. The van der Waals surface area contributed by atoms with Gasteiger partial charge in [-0.25, -0.2) is 4.79 Å². The van der Waals surface area contributed by atoms with Crippen molar-refractivity contribution in [3.8, 4) is 0 Å². The fourth-order valence-electron chi connectivity index (χ4n) is 3.00. The Morgan fingerprint density at radius 3 is 2.65 bits per heavy atom. The summed E-state index contributed by atoms with van der Waals surface area (Å²) in [7, 11) is -0.961. The van der Waals surface area contributed by atoms with E-state index in [-0.39, 0.29) is 12.1 Å². The Morgan fingerprint density at radius 2 is 2.00 bits per heavy atom. The fraction of sp³-hybridized carbons (Fsp3) is 0.588. The molecule has 2 N–H and O–H groups in total. The Labute approximate surface area is 140 Å². The summed E-state index contributed by atoms with van der Waals surface area (Å²) in [6, 6.07) is 7.66. The molecule has 0 radical (unpaired) electrons. The average molecular weight is 335 g/mol. The number of hydrogen-bond acceptors (Lipinski definition) is 3. The van der Waals surface area contributed by atoms with E-state index in [9.17, 15) is 9.00 Å². The zero-order chi connectivity index (χ0) is 16.2. The van der Waals surface area contributed by atoms with Crippen LogP contribution in [0.5, 0.6) is 0 Å². The van der Waals surface area contributed by atoms with Gasteiger partial charge in [0.05, 0.1) is 0 Å². The van der Waals surface area contributed by atoms with Crippen molar-refractivity contribution in [2.45, 2.75) is 36.7 Å². The number of urea groups is 1. The lowest BCUT2D eigenvalue weighted by Gasteiger charge is -2.16. The van der Waals surface area contributed by atoms with Crippen LogP contribution in [0.2, 0.25) is 0 Å². The third-order valence-corrected chi connectivity index (χ3v) is 5.47. The van der Waals surface area contributed by atoms with Gasteiger partial charge in [-0.1, -0.05) is 12.1 Å². The van der Waals surface area contributed by atoms with Gasteiger partial charge < -0.3 is 15.5 Å². The lowest BCUT2D eigenvalue weighted by atomic mass is 10.2. The van der Waals surface area contributed by atoms with Crippen molar-refractivity contribution in [3.05, 3.63) is 29.8 Å². The number of likely N-dealkylation sites (tertiary alicyclic amines) is 1. The minimum Gasteiger partial charge on any atom is -0.334 e. The molecule has 5 nitrogen and oxygen atoms in total. The van der Waals surface area contributed by atoms with E-state index in [0.717, 1.165) is 35.9 Å². The Kier molecular flexibility index (Phi) is 5.33. The fourth-order valence-corrected chi connectivity index (χ4v) is 3.52. The quantitative estimate of drug-likeness (QED) is 0.832. The molecule has 2 atom stereocenters. The molecule has 0 aromatic heterocycles. The summed E-state index contributed by atoms with van der Waals surface area (Å²) in [5.41, 5.74) is 1.01. The third kappa shape index (κ3) is 5.04. The molecule has 0 bridgehead atoms. The summed E-state index contributed by atoms with van der Waals surface area (Å²) in [5, 5.41) is 5.96. The summed E-state index contributed by atoms with van der Waals surface area (Å²) in [5.74, 6) is 0.906. The number of benzene rings is 1. The molecule has 1 aliphatic heterocycles. The number of rotatable bonds is 6. The van der Waals surface area contributed by atoms with Crippen LogP contribution >= 0.6 is 0 Å². The number of carbonyl (C=O) groups excluding carboxylic acids is 1. The standard InChI is InChI=1S/C17H25N3O2S/c1-23(22)16-6-4-13(5-7-16)10-18-17(21)19-15-8-9-20(12-15)11-14-2-3-14/h4-7,14-15H,2-3,8-12H2,1H3,(H2,18,19,21). The Hall–Kier alpha value is -1.40. The summed E-state index contributed by atoms with van der Waals surface area (Å²) < 4.78 is 11.3. The SMILES string of the molecule is CS(=O)c1ccc(CNC(=O)NC2CCN(CC3CC3)C2)cc1. The third-order valence-electron chi connectivity index (χ3n) is 4.53. The minimum absolute atomic E-state index is 0.105. The highest BCUT2D eigenvalue weighted by Gasteiger charge is 2.29. The lowest BCUT2D eigenvalue weighted by molar-refractivity contribution is 0.235. The van der Waals surface area contributed by atoms with Gasteiger partial charge in [-0.05, 0) is 42.9 Å². The second-order valence-corrected chi connectivity index (χ2v) is 7.99. The minimum atomic E-state index is -0.961. The highest BCUT2D eigenvalue weighted by molar-refractivity contribution is 7.84. The second-order valence-electron chi connectivity index (χ2n) is 6.61. The summed E-state index contributed by atoms with van der Waals surface area (Å²) in [6.07, 6.45) is 5.45. The molecule has 1 aromatic rings. The average Bonchev–Trinajstić information content (AvgIpc) is 3.24. The first kappa shape index (κ1) is 16.5. The van der Waals surface area contributed by atoms with E-state index in [0.29, 0.717) is 6.54 Å². The molecule has 3 rings (SSSR count). The van der Waals surface area contributed by atoms with E-state index in [1.54, 1.807) is 6.26 Å². The molecule has 1 saturated carbocycles. The zero-order valence-corrected chi connectivity index (χ0v) is 14.4. The van der Waals surface area contributed by atoms with Crippen LogP contribution in [0.4, 0.5) is 4.79 Å². The molecule has 2 aliphatic rings. The Morgan fingerprint density at radius 1 is 1.26 bits per heavy atom. The molecule has 1 aliphatic carbocycles. The van der Waals surface area contributed by atoms with Gasteiger partial charge in [-0.2, -0.15) is 0 Å². The van der Waals surface area contributed by atoms with Crippen LogP contribution in [0.25, 0.3) is 0 Å². The normalized spacial score (nSPS) is 22.7. The predicted octanol–water partition coefficient (Wildman–Crippen LogP) is 1.71. The van der Waals surface area contributed by atoms with Crippen molar-refractivity contribution >= 4 is 16.8 Å². The van der Waals surface area contributed by atoms with E-state index in [2.05, 4.69) is 15.5 Å². The molecular formula is C17H25N3O2S. The molecule has 23 heavy (non-hydrogen) atoms. The monoisotopic (exact) mass is 335 g/mol. The van der Waals surface area contributed by atoms with Gasteiger partial charge in [0.15, 0.2) is 0 Å². The predicted molar refractivity (Wildman–Crippen MR) is 91.7 cm³/mol. The van der Waals surface area contributed by atoms with E-state index in [1.807, 2.05) is 24.3 Å². The van der Waals surface area contributed by atoms with Crippen LogP contribution in [-0.4, -0.2) is 47.1 Å². The van der Waals surface area contributed by atoms with Crippen LogP contribution in [-0.2, 0) is 17.3 Å². The number of nitrogens with zero attached hydrogens (tertiary/aromatic N) is 1. The van der Waals surface area contributed by atoms with Crippen LogP contribution < -0.4 is 10.6 Å². The van der Waals surface area contributed by atoms with Crippen LogP contribution in [0.3, 0.4) is 0 Å². The van der Waals surface area contributed by atoms with E-state index in [4.69, 9.17) is 0 Å². The molecule has 1 saturated heterocycles. The van der Waals surface area contributed by atoms with Crippen LogP contribution in [0, 0.1) is 5.92 Å². The number of nitrogens with one attached hydrogen (secondary N) is 2. The van der Waals surface area contributed by atoms with Gasteiger partial charge in [0.25, 0.3) is 0 Å². The van der Waals surface area contributed by atoms with Crippen LogP contribution in [0.15, 0.2) is 29.2 Å².